The van der Waals surface area contributed by atoms with Crippen LogP contribution in [0.1, 0.15) is 65.2 Å². The van der Waals surface area contributed by atoms with Gasteiger partial charge in [0.15, 0.2) is 0 Å². The summed E-state index contributed by atoms with van der Waals surface area (Å²) in [5.41, 5.74) is 0. The molecule has 104 valence electrons. The van der Waals surface area contributed by atoms with E-state index >= 15 is 0 Å². The Labute approximate surface area is 154 Å². The van der Waals surface area contributed by atoms with Gasteiger partial charge in [-0.1, -0.05) is 39.5 Å². The number of aliphatic hydroxyl groups is 1. The Morgan fingerprint density at radius 3 is 2.06 bits per heavy atom. The van der Waals surface area contributed by atoms with Crippen molar-refractivity contribution < 1.29 is 69.5 Å². The molecule has 2 atom stereocenters. The smallest absolute Gasteiger partial charge is 0.748 e. The van der Waals surface area contributed by atoms with E-state index in [1.807, 2.05) is 6.92 Å². The molecule has 0 saturated heterocycles. The fraction of sp³-hybridized carbons (Fsp3) is 1.00. The molecule has 0 amide bonds. The van der Waals surface area contributed by atoms with Crippen molar-refractivity contribution in [3.8, 4) is 0 Å². The normalized spacial score (nSPS) is 14.9. The van der Waals surface area contributed by atoms with Gasteiger partial charge in [0.1, 0.15) is 0 Å². The molecule has 0 saturated carbocycles. The second-order valence-corrected chi connectivity index (χ2v) is 6.26. The van der Waals surface area contributed by atoms with E-state index in [2.05, 4.69) is 0 Å². The van der Waals surface area contributed by atoms with E-state index in [-0.39, 0.29) is 57.5 Å². The molecule has 0 radical (unpaired) electrons. The van der Waals surface area contributed by atoms with Gasteiger partial charge in [-0.05, 0) is 25.7 Å². The number of aliphatic hydroxyl groups excluding tert-OH is 1. The standard InChI is InChI=1S/C12H26O4S.K/c1-3-8-11(13)9-6-5-7-10-12(4-2)17(14,15)16;/h11-13H,3-10H2,1-2H3,(H,14,15,16);/q;+1/p-1. The van der Waals surface area contributed by atoms with Crippen LogP contribution in [-0.4, -0.2) is 29.4 Å². The van der Waals surface area contributed by atoms with Gasteiger partial charge in [0.25, 0.3) is 0 Å². The molecule has 4 nitrogen and oxygen atoms in total. The van der Waals surface area contributed by atoms with Crippen LogP contribution in [0.2, 0.25) is 0 Å². The number of rotatable bonds is 10. The van der Waals surface area contributed by atoms with Crippen LogP contribution in [0.4, 0.5) is 0 Å². The monoisotopic (exact) mass is 304 g/mol. The first-order valence-electron chi connectivity index (χ1n) is 6.54. The Balaban J connectivity index is 0. The zero-order valence-corrected chi connectivity index (χ0v) is 15.8. The third-order valence-electron chi connectivity index (χ3n) is 3.05. The quantitative estimate of drug-likeness (QED) is 0.333. The molecule has 0 rings (SSSR count). The second kappa shape index (κ2) is 12.3. The third kappa shape index (κ3) is 11.3. The first-order chi connectivity index (χ1) is 7.91. The van der Waals surface area contributed by atoms with E-state index in [1.165, 1.54) is 0 Å². The van der Waals surface area contributed by atoms with Crippen molar-refractivity contribution in [2.75, 3.05) is 0 Å². The molecule has 0 aromatic rings. The summed E-state index contributed by atoms with van der Waals surface area (Å²) in [5.74, 6) is 0. The van der Waals surface area contributed by atoms with Gasteiger partial charge < -0.3 is 9.66 Å². The number of hydrogen-bond donors (Lipinski definition) is 1. The molecule has 0 bridgehead atoms. The zero-order valence-electron chi connectivity index (χ0n) is 11.9. The van der Waals surface area contributed by atoms with Gasteiger partial charge in [-0.25, -0.2) is 8.42 Å². The third-order valence-corrected chi connectivity index (χ3v) is 4.43. The molecule has 0 spiro atoms. The van der Waals surface area contributed by atoms with Crippen LogP contribution < -0.4 is 51.4 Å². The second-order valence-electron chi connectivity index (χ2n) is 4.60. The van der Waals surface area contributed by atoms with E-state index in [1.54, 1.807) is 6.92 Å². The fourth-order valence-corrected chi connectivity index (χ4v) is 2.82. The zero-order chi connectivity index (χ0) is 13.3. The van der Waals surface area contributed by atoms with Gasteiger partial charge in [0, 0.05) is 5.25 Å². The molecule has 2 unspecified atom stereocenters. The molecule has 18 heavy (non-hydrogen) atoms. The molecule has 0 aliphatic carbocycles. The van der Waals surface area contributed by atoms with Gasteiger partial charge in [-0.2, -0.15) is 0 Å². The molecule has 0 aliphatic heterocycles. The summed E-state index contributed by atoms with van der Waals surface area (Å²) >= 11 is 0. The molecule has 0 fully saturated rings. The summed E-state index contributed by atoms with van der Waals surface area (Å²) in [6.07, 6.45) is 5.72. The summed E-state index contributed by atoms with van der Waals surface area (Å²) in [5, 5.41) is 8.75. The Kier molecular flexibility index (Phi) is 14.9. The predicted molar refractivity (Wildman–Crippen MR) is 67.8 cm³/mol. The van der Waals surface area contributed by atoms with Gasteiger partial charge in [0.05, 0.1) is 16.2 Å². The first-order valence-corrected chi connectivity index (χ1v) is 8.01. The Hall–Kier alpha value is 1.51. The van der Waals surface area contributed by atoms with Crippen LogP contribution in [0.3, 0.4) is 0 Å². The fourth-order valence-electron chi connectivity index (χ4n) is 1.96. The first kappa shape index (κ1) is 21.8. The van der Waals surface area contributed by atoms with E-state index in [0.717, 1.165) is 38.5 Å². The minimum absolute atomic E-state index is 0. The largest absolute Gasteiger partial charge is 1.00 e. The van der Waals surface area contributed by atoms with Crippen molar-refractivity contribution in [1.29, 1.82) is 0 Å². The van der Waals surface area contributed by atoms with Crippen molar-refractivity contribution >= 4 is 10.1 Å². The summed E-state index contributed by atoms with van der Waals surface area (Å²) in [6.45, 7) is 3.76. The summed E-state index contributed by atoms with van der Waals surface area (Å²) in [7, 11) is -4.13. The molecule has 0 aromatic carbocycles. The molecular formula is C12H25KO4S. The minimum atomic E-state index is -4.13. The molecule has 6 heteroatoms. The van der Waals surface area contributed by atoms with E-state index in [4.69, 9.17) is 0 Å². The van der Waals surface area contributed by atoms with E-state index in [9.17, 15) is 18.1 Å². The minimum Gasteiger partial charge on any atom is -0.748 e. The summed E-state index contributed by atoms with van der Waals surface area (Å²) < 4.78 is 32.5. The summed E-state index contributed by atoms with van der Waals surface area (Å²) in [4.78, 5) is 0. The van der Waals surface area contributed by atoms with Crippen molar-refractivity contribution in [1.82, 2.24) is 0 Å². The van der Waals surface area contributed by atoms with Crippen LogP contribution in [-0.2, 0) is 10.1 Å². The van der Waals surface area contributed by atoms with Gasteiger partial charge in [-0.3, -0.25) is 0 Å². The SMILES string of the molecule is CCCC(O)CCCCCC(CC)S(=O)(=O)[O-].[K+]. The van der Waals surface area contributed by atoms with Crippen LogP contribution in [0.15, 0.2) is 0 Å². The predicted octanol–water partition coefficient (Wildman–Crippen LogP) is -0.574. The number of unbranched alkanes of at least 4 members (excludes halogenated alkanes) is 2. The van der Waals surface area contributed by atoms with Gasteiger partial charge >= 0.3 is 51.4 Å². The maximum Gasteiger partial charge on any atom is 1.00 e. The van der Waals surface area contributed by atoms with Crippen LogP contribution >= 0.6 is 0 Å². The Bertz CT molecular complexity index is 280. The van der Waals surface area contributed by atoms with Gasteiger partial charge in [-0.15, -0.1) is 0 Å². The van der Waals surface area contributed by atoms with E-state index < -0.39 is 15.4 Å². The summed E-state index contributed by atoms with van der Waals surface area (Å²) in [6, 6.07) is 0. The number of hydrogen-bond acceptors (Lipinski definition) is 4. The molecule has 0 aromatic heterocycles. The van der Waals surface area contributed by atoms with E-state index in [0.29, 0.717) is 12.8 Å². The van der Waals surface area contributed by atoms with Crippen molar-refractivity contribution in [3.63, 3.8) is 0 Å². The maximum atomic E-state index is 10.8. The molecule has 1 N–H and O–H groups in total. The topological polar surface area (TPSA) is 77.4 Å². The average molecular weight is 304 g/mol. The van der Waals surface area contributed by atoms with Crippen molar-refractivity contribution in [3.05, 3.63) is 0 Å². The Morgan fingerprint density at radius 1 is 1.06 bits per heavy atom. The molecule has 0 aliphatic rings. The van der Waals surface area contributed by atoms with Crippen LogP contribution in [0.5, 0.6) is 0 Å². The van der Waals surface area contributed by atoms with Crippen molar-refractivity contribution in [2.24, 2.45) is 0 Å². The maximum absolute atomic E-state index is 10.8. The molecular weight excluding hydrogens is 279 g/mol. The van der Waals surface area contributed by atoms with Gasteiger partial charge in [0.2, 0.25) is 0 Å². The van der Waals surface area contributed by atoms with Crippen LogP contribution in [0.25, 0.3) is 0 Å². The average Bonchev–Trinajstić information content (AvgIpc) is 2.21. The van der Waals surface area contributed by atoms with Crippen LogP contribution in [0, 0.1) is 0 Å². The Morgan fingerprint density at radius 2 is 1.61 bits per heavy atom. The molecule has 0 heterocycles. The van der Waals surface area contributed by atoms with Crippen molar-refractivity contribution in [2.45, 2.75) is 76.6 Å².